The van der Waals surface area contributed by atoms with E-state index in [1.165, 1.54) is 11.8 Å². The maximum absolute atomic E-state index is 12.3. The summed E-state index contributed by atoms with van der Waals surface area (Å²) >= 11 is 1.29. The molecule has 0 spiro atoms. The summed E-state index contributed by atoms with van der Waals surface area (Å²) in [6, 6.07) is 5.96. The zero-order valence-electron chi connectivity index (χ0n) is 15.0. The van der Waals surface area contributed by atoms with E-state index >= 15 is 0 Å². The molecule has 7 heteroatoms. The van der Waals surface area contributed by atoms with Crippen LogP contribution in [-0.2, 0) is 4.79 Å². The molecule has 6 nitrogen and oxygen atoms in total. The molecule has 0 aliphatic heterocycles. The first kappa shape index (κ1) is 19.0. The van der Waals surface area contributed by atoms with Crippen molar-refractivity contribution in [2.24, 2.45) is 0 Å². The highest BCUT2D eigenvalue weighted by Crippen LogP contribution is 2.22. The quantitative estimate of drug-likeness (QED) is 0.609. The van der Waals surface area contributed by atoms with Gasteiger partial charge in [0.25, 0.3) is 0 Å². The summed E-state index contributed by atoms with van der Waals surface area (Å²) in [6.07, 6.45) is 6.97. The van der Waals surface area contributed by atoms with Crippen LogP contribution in [0.1, 0.15) is 37.8 Å². The van der Waals surface area contributed by atoms with Gasteiger partial charge in [-0.25, -0.2) is 0 Å². The van der Waals surface area contributed by atoms with Gasteiger partial charge in [0.1, 0.15) is 5.54 Å². The molecular weight excluding hydrogens is 334 g/mol. The minimum Gasteiger partial charge on any atom is -0.339 e. The van der Waals surface area contributed by atoms with Gasteiger partial charge in [0.05, 0.1) is 11.4 Å². The number of benzene rings is 1. The predicted octanol–water partition coefficient (Wildman–Crippen LogP) is 2.68. The Hall–Kier alpha value is -2.33. The van der Waals surface area contributed by atoms with Gasteiger partial charge < -0.3 is 5.32 Å². The van der Waals surface area contributed by atoms with Gasteiger partial charge >= 0.3 is 0 Å². The lowest BCUT2D eigenvalue weighted by Crippen LogP contribution is -2.47. The van der Waals surface area contributed by atoms with Gasteiger partial charge in [-0.05, 0) is 54.3 Å². The van der Waals surface area contributed by atoms with Gasteiger partial charge in [0, 0.05) is 0 Å². The fourth-order valence-corrected chi connectivity index (χ4v) is 3.17. The second-order valence-electron chi connectivity index (χ2n) is 5.86. The number of aryl methyl sites for hydroxylation is 1. The first-order chi connectivity index (χ1) is 12.0. The Kier molecular flexibility index (Phi) is 6.21. The van der Waals surface area contributed by atoms with Crippen molar-refractivity contribution in [1.29, 1.82) is 0 Å². The number of nitrogens with zero attached hydrogens (tertiary/aromatic N) is 4. The molecule has 0 bridgehead atoms. The molecule has 0 aliphatic carbocycles. The van der Waals surface area contributed by atoms with Crippen LogP contribution >= 0.6 is 11.8 Å². The van der Waals surface area contributed by atoms with Crippen LogP contribution in [0.2, 0.25) is 0 Å². The molecule has 1 N–H and O–H groups in total. The monoisotopic (exact) mass is 357 g/mol. The molecule has 0 saturated carbocycles. The number of carbonyl (C=O) groups is 1. The first-order valence-corrected chi connectivity index (χ1v) is 9.21. The average molecular weight is 357 g/mol. The standard InChI is InChI=1S/C18H23N5OS/c1-6-18(7-2,8-3)19-16(24)12-25-17-20-21-22-23(17)15-11-9-10-13(4)14(15)5/h1,9-11H,7-8,12H2,2-5H3,(H,19,24). The normalized spacial score (nSPS) is 11.2. The van der Waals surface area contributed by atoms with Crippen LogP contribution in [0, 0.1) is 26.2 Å². The van der Waals surface area contributed by atoms with Gasteiger partial charge in [-0.15, -0.1) is 11.5 Å². The Morgan fingerprint density at radius 3 is 2.72 bits per heavy atom. The van der Waals surface area contributed by atoms with Crippen molar-refractivity contribution in [3.05, 3.63) is 29.3 Å². The van der Waals surface area contributed by atoms with Gasteiger partial charge in [0.2, 0.25) is 11.1 Å². The molecule has 1 aromatic carbocycles. The second-order valence-corrected chi connectivity index (χ2v) is 6.81. The Morgan fingerprint density at radius 2 is 2.08 bits per heavy atom. The molecule has 1 amide bonds. The molecule has 1 heterocycles. The summed E-state index contributed by atoms with van der Waals surface area (Å²) in [4.78, 5) is 12.3. The van der Waals surface area contributed by atoms with Crippen molar-refractivity contribution in [3.8, 4) is 18.0 Å². The van der Waals surface area contributed by atoms with Crippen LogP contribution in [0.3, 0.4) is 0 Å². The lowest BCUT2D eigenvalue weighted by atomic mass is 9.94. The highest BCUT2D eigenvalue weighted by atomic mass is 32.2. The number of tetrazole rings is 1. The molecule has 0 fully saturated rings. The summed E-state index contributed by atoms with van der Waals surface area (Å²) in [7, 11) is 0. The third-order valence-corrected chi connectivity index (χ3v) is 5.36. The molecule has 2 aromatic rings. The van der Waals surface area contributed by atoms with Crippen LogP contribution in [0.4, 0.5) is 0 Å². The van der Waals surface area contributed by atoms with E-state index in [2.05, 4.69) is 26.8 Å². The highest BCUT2D eigenvalue weighted by Gasteiger charge is 2.25. The average Bonchev–Trinajstić information content (AvgIpc) is 3.09. The zero-order valence-corrected chi connectivity index (χ0v) is 15.9. The van der Waals surface area contributed by atoms with E-state index in [1.807, 2.05) is 45.9 Å². The molecule has 2 rings (SSSR count). The Balaban J connectivity index is 2.11. The molecule has 0 aliphatic rings. The van der Waals surface area contributed by atoms with Crippen molar-refractivity contribution >= 4 is 17.7 Å². The van der Waals surface area contributed by atoms with Crippen LogP contribution < -0.4 is 5.32 Å². The molecule has 0 atom stereocenters. The van der Waals surface area contributed by atoms with Crippen molar-refractivity contribution < 1.29 is 4.79 Å². The van der Waals surface area contributed by atoms with E-state index in [1.54, 1.807) is 4.68 Å². The van der Waals surface area contributed by atoms with Gasteiger partial charge in [-0.1, -0.05) is 43.7 Å². The van der Waals surface area contributed by atoms with Crippen LogP contribution in [0.15, 0.2) is 23.4 Å². The lowest BCUT2D eigenvalue weighted by molar-refractivity contribution is -0.119. The minimum absolute atomic E-state index is 0.123. The molecule has 132 valence electrons. The van der Waals surface area contributed by atoms with Gasteiger partial charge in [-0.2, -0.15) is 4.68 Å². The van der Waals surface area contributed by atoms with Crippen LogP contribution in [0.25, 0.3) is 5.69 Å². The Morgan fingerprint density at radius 1 is 1.36 bits per heavy atom. The van der Waals surface area contributed by atoms with Crippen LogP contribution in [-0.4, -0.2) is 37.4 Å². The van der Waals surface area contributed by atoms with E-state index in [-0.39, 0.29) is 11.7 Å². The van der Waals surface area contributed by atoms with E-state index in [9.17, 15) is 4.79 Å². The summed E-state index contributed by atoms with van der Waals surface area (Å²) in [5.74, 6) is 2.78. The Bertz CT molecular complexity index is 789. The van der Waals surface area contributed by atoms with Gasteiger partial charge in [0.15, 0.2) is 0 Å². The SMILES string of the molecule is C#CC(CC)(CC)NC(=O)CSc1nnnn1-c1cccc(C)c1C. The van der Waals surface area contributed by atoms with E-state index in [4.69, 9.17) is 6.42 Å². The zero-order chi connectivity index (χ0) is 18.4. The third-order valence-electron chi connectivity index (χ3n) is 4.44. The fraction of sp³-hybridized carbons (Fsp3) is 0.444. The number of rotatable bonds is 7. The van der Waals surface area contributed by atoms with Gasteiger partial charge in [-0.3, -0.25) is 4.79 Å². The van der Waals surface area contributed by atoms with Crippen molar-refractivity contribution in [3.63, 3.8) is 0 Å². The van der Waals surface area contributed by atoms with E-state index in [0.29, 0.717) is 18.0 Å². The summed E-state index contributed by atoms with van der Waals surface area (Å²) < 4.78 is 1.66. The number of terminal acetylenes is 1. The Labute approximate surface area is 152 Å². The van der Waals surface area contributed by atoms with E-state index in [0.717, 1.165) is 16.8 Å². The predicted molar refractivity (Wildman–Crippen MR) is 99.6 cm³/mol. The maximum Gasteiger partial charge on any atom is 0.231 e. The number of aromatic nitrogens is 4. The summed E-state index contributed by atoms with van der Waals surface area (Å²) in [5.41, 5.74) is 2.58. The van der Waals surface area contributed by atoms with Crippen molar-refractivity contribution in [2.45, 2.75) is 51.2 Å². The number of hydrogen-bond acceptors (Lipinski definition) is 5. The smallest absolute Gasteiger partial charge is 0.231 e. The van der Waals surface area contributed by atoms with Crippen LogP contribution in [0.5, 0.6) is 0 Å². The first-order valence-electron chi connectivity index (χ1n) is 8.23. The minimum atomic E-state index is -0.587. The highest BCUT2D eigenvalue weighted by molar-refractivity contribution is 7.99. The lowest BCUT2D eigenvalue weighted by Gasteiger charge is -2.26. The fourth-order valence-electron chi connectivity index (χ4n) is 2.49. The number of thioether (sulfide) groups is 1. The molecule has 25 heavy (non-hydrogen) atoms. The second kappa shape index (κ2) is 8.17. The van der Waals surface area contributed by atoms with Crippen molar-refractivity contribution in [1.82, 2.24) is 25.5 Å². The molecule has 1 aromatic heterocycles. The molecule has 0 unspecified atom stereocenters. The topological polar surface area (TPSA) is 72.7 Å². The summed E-state index contributed by atoms with van der Waals surface area (Å²) in [6.45, 7) is 8.01. The molecule has 0 saturated heterocycles. The molecule has 0 radical (unpaired) electrons. The number of hydrogen-bond donors (Lipinski definition) is 1. The van der Waals surface area contributed by atoms with E-state index < -0.39 is 5.54 Å². The summed E-state index contributed by atoms with van der Waals surface area (Å²) in [5, 5.41) is 15.4. The maximum atomic E-state index is 12.3. The number of carbonyl (C=O) groups excluding carboxylic acids is 1. The number of amides is 1. The number of nitrogens with one attached hydrogen (secondary N) is 1. The van der Waals surface area contributed by atoms with Crippen molar-refractivity contribution in [2.75, 3.05) is 5.75 Å². The third kappa shape index (κ3) is 4.20. The molecular formula is C18H23N5OS. The largest absolute Gasteiger partial charge is 0.339 e.